The van der Waals surface area contributed by atoms with Crippen LogP contribution in [0.1, 0.15) is 96.5 Å². The van der Waals surface area contributed by atoms with Crippen molar-refractivity contribution in [3.05, 3.63) is 64.3 Å². The first kappa shape index (κ1) is 27.4. The molecule has 0 unspecified atom stereocenters. The summed E-state index contributed by atoms with van der Waals surface area (Å²) in [5, 5.41) is 8.50. The van der Waals surface area contributed by atoms with Gasteiger partial charge in [0.25, 0.3) is 0 Å². The van der Waals surface area contributed by atoms with Crippen molar-refractivity contribution in [1.82, 2.24) is 0 Å². The quantitative estimate of drug-likeness (QED) is 0.142. The van der Waals surface area contributed by atoms with E-state index in [9.17, 15) is 9.59 Å². The predicted octanol–water partition coefficient (Wildman–Crippen LogP) is 8.63. The highest BCUT2D eigenvalue weighted by Crippen LogP contribution is 2.20. The summed E-state index contributed by atoms with van der Waals surface area (Å²) in [6.45, 7) is 4.42. The van der Waals surface area contributed by atoms with Gasteiger partial charge < -0.3 is 4.74 Å². The molecule has 0 spiro atoms. The van der Waals surface area contributed by atoms with Crippen molar-refractivity contribution in [2.45, 2.75) is 97.3 Å². The van der Waals surface area contributed by atoms with Gasteiger partial charge in [-0.15, -0.1) is 0 Å². The topological polar surface area (TPSA) is 68.1 Å². The second-order valence-corrected chi connectivity index (χ2v) is 8.84. The van der Waals surface area contributed by atoms with Crippen LogP contribution >= 0.6 is 0 Å². The molecule has 0 saturated carbocycles. The second kappa shape index (κ2) is 16.7. The first-order valence-electron chi connectivity index (χ1n) is 13.0. The first-order chi connectivity index (χ1) is 16.6. The van der Waals surface area contributed by atoms with E-state index in [2.05, 4.69) is 36.2 Å². The lowest BCUT2D eigenvalue weighted by molar-refractivity contribution is -0.134. The molecule has 0 saturated heterocycles. The maximum Gasteiger partial charge on any atom is 0.311 e. The Balaban J connectivity index is 1.83. The standard InChI is InChI=1S/C29H40N2O3/c1-3-5-7-9-10-11-13-15-29(33)34-28-23-21-26(20-22-27(28)32)31-30-25-18-16-24(17-19-25)14-12-8-6-4-2/h16-23H,3-15H2,1-2H3. The number of aryl methyl sites for hydroxylation is 1. The van der Waals surface area contributed by atoms with Crippen LogP contribution in [0.3, 0.4) is 0 Å². The van der Waals surface area contributed by atoms with Crippen LogP contribution in [-0.4, -0.2) is 5.97 Å². The van der Waals surface area contributed by atoms with Crippen molar-refractivity contribution in [3.63, 3.8) is 0 Å². The zero-order valence-corrected chi connectivity index (χ0v) is 20.9. The van der Waals surface area contributed by atoms with Crippen molar-refractivity contribution in [1.29, 1.82) is 0 Å². The summed E-state index contributed by atoms with van der Waals surface area (Å²) in [7, 11) is 0. The number of hydrogen-bond acceptors (Lipinski definition) is 5. The average Bonchev–Trinajstić information content (AvgIpc) is 3.02. The molecule has 0 aliphatic rings. The molecular weight excluding hydrogens is 424 g/mol. The normalized spacial score (nSPS) is 11.1. The van der Waals surface area contributed by atoms with Crippen LogP contribution in [0.25, 0.3) is 0 Å². The van der Waals surface area contributed by atoms with Gasteiger partial charge in [0.1, 0.15) is 0 Å². The molecule has 184 valence electrons. The minimum Gasteiger partial charge on any atom is -0.422 e. The lowest BCUT2D eigenvalue weighted by Gasteiger charge is -2.02. The summed E-state index contributed by atoms with van der Waals surface area (Å²) in [5.41, 5.74) is 2.24. The summed E-state index contributed by atoms with van der Waals surface area (Å²) < 4.78 is 5.30. The van der Waals surface area contributed by atoms with Gasteiger partial charge in [-0.2, -0.15) is 10.2 Å². The number of unbranched alkanes of at least 4 members (excludes halogenated alkanes) is 9. The van der Waals surface area contributed by atoms with Gasteiger partial charge in [-0.3, -0.25) is 9.59 Å². The van der Waals surface area contributed by atoms with Gasteiger partial charge in [0.15, 0.2) is 5.75 Å². The summed E-state index contributed by atoms with van der Waals surface area (Å²) in [4.78, 5) is 24.4. The Kier molecular flexibility index (Phi) is 13.5. The van der Waals surface area contributed by atoms with E-state index >= 15 is 0 Å². The van der Waals surface area contributed by atoms with Crippen LogP contribution < -0.4 is 10.2 Å². The third-order valence-electron chi connectivity index (χ3n) is 5.80. The number of rotatable bonds is 16. The lowest BCUT2D eigenvalue weighted by atomic mass is 10.1. The number of ether oxygens (including phenoxy) is 1. The summed E-state index contributed by atoms with van der Waals surface area (Å²) in [6, 6.07) is 14.2. The fourth-order valence-corrected chi connectivity index (χ4v) is 3.69. The van der Waals surface area contributed by atoms with Crippen LogP contribution in [-0.2, 0) is 11.2 Å². The number of carbonyl (C=O) groups excluding carboxylic acids is 1. The molecule has 2 aromatic rings. The van der Waals surface area contributed by atoms with E-state index in [1.165, 1.54) is 69.1 Å². The third kappa shape index (κ3) is 11.4. The molecule has 0 fully saturated rings. The number of hydrogen-bond donors (Lipinski definition) is 0. The fraction of sp³-hybridized carbons (Fsp3) is 0.517. The van der Waals surface area contributed by atoms with Crippen LogP contribution in [0, 0.1) is 0 Å². The number of nitrogens with zero attached hydrogens (tertiary/aromatic N) is 2. The van der Waals surface area contributed by atoms with Crippen LogP contribution in [0.4, 0.5) is 11.4 Å². The summed E-state index contributed by atoms with van der Waals surface area (Å²) in [5.74, 6) is -0.336. The van der Waals surface area contributed by atoms with Crippen molar-refractivity contribution >= 4 is 17.3 Å². The zero-order chi connectivity index (χ0) is 24.4. The Bertz CT molecular complexity index is 939. The van der Waals surface area contributed by atoms with Gasteiger partial charge in [0, 0.05) is 6.42 Å². The second-order valence-electron chi connectivity index (χ2n) is 8.84. The van der Waals surface area contributed by atoms with Crippen LogP contribution in [0.2, 0.25) is 0 Å². The van der Waals surface area contributed by atoms with Gasteiger partial charge in [-0.05, 0) is 61.2 Å². The number of carbonyl (C=O) groups is 1. The molecule has 0 aliphatic carbocycles. The number of azo groups is 1. The van der Waals surface area contributed by atoms with Gasteiger partial charge in [0.05, 0.1) is 11.4 Å². The molecule has 5 heteroatoms. The molecule has 0 aliphatic heterocycles. The predicted molar refractivity (Wildman–Crippen MR) is 139 cm³/mol. The maximum atomic E-state index is 12.3. The van der Waals surface area contributed by atoms with Crippen LogP contribution in [0.15, 0.2) is 63.6 Å². The molecular formula is C29H40N2O3. The largest absolute Gasteiger partial charge is 0.422 e. The van der Waals surface area contributed by atoms with Crippen molar-refractivity contribution in [2.75, 3.05) is 0 Å². The molecule has 0 N–H and O–H groups in total. The zero-order valence-electron chi connectivity index (χ0n) is 20.9. The Morgan fingerprint density at radius 3 is 1.85 bits per heavy atom. The summed E-state index contributed by atoms with van der Waals surface area (Å²) in [6.07, 6.45) is 14.3. The fourth-order valence-electron chi connectivity index (χ4n) is 3.69. The van der Waals surface area contributed by atoms with E-state index in [1.54, 1.807) is 12.1 Å². The molecule has 2 aromatic carbocycles. The highest BCUT2D eigenvalue weighted by Gasteiger charge is 2.07. The van der Waals surface area contributed by atoms with E-state index < -0.39 is 0 Å². The van der Waals surface area contributed by atoms with Crippen molar-refractivity contribution in [3.8, 4) is 5.75 Å². The molecule has 0 aromatic heterocycles. The molecule has 0 amide bonds. The van der Waals surface area contributed by atoms with E-state index in [-0.39, 0.29) is 17.1 Å². The van der Waals surface area contributed by atoms with Gasteiger partial charge in [0.2, 0.25) is 5.43 Å². The van der Waals surface area contributed by atoms with Gasteiger partial charge >= 0.3 is 5.97 Å². The Morgan fingerprint density at radius 1 is 0.676 bits per heavy atom. The Morgan fingerprint density at radius 2 is 1.21 bits per heavy atom. The van der Waals surface area contributed by atoms with Crippen molar-refractivity contribution in [2.24, 2.45) is 10.2 Å². The SMILES string of the molecule is CCCCCCCCCC(=O)Oc1ccc(N=Nc2ccc(CCCCCC)cc2)ccc1=O. The van der Waals surface area contributed by atoms with Crippen molar-refractivity contribution < 1.29 is 9.53 Å². The Labute approximate surface area is 204 Å². The minimum atomic E-state index is -0.366. The van der Waals surface area contributed by atoms with Gasteiger partial charge in [-0.25, -0.2) is 0 Å². The average molecular weight is 465 g/mol. The molecule has 0 heterocycles. The van der Waals surface area contributed by atoms with E-state index in [0.29, 0.717) is 12.1 Å². The number of benzene rings is 1. The number of esters is 1. The Hall–Kier alpha value is -2.82. The van der Waals surface area contributed by atoms with Gasteiger partial charge in [-0.1, -0.05) is 83.8 Å². The highest BCUT2D eigenvalue weighted by molar-refractivity contribution is 5.72. The molecule has 34 heavy (non-hydrogen) atoms. The molecule has 0 bridgehead atoms. The molecule has 5 nitrogen and oxygen atoms in total. The lowest BCUT2D eigenvalue weighted by Crippen LogP contribution is -2.12. The third-order valence-corrected chi connectivity index (χ3v) is 5.80. The molecule has 0 atom stereocenters. The molecule has 2 rings (SSSR count). The first-order valence-corrected chi connectivity index (χ1v) is 13.0. The van der Waals surface area contributed by atoms with E-state index in [0.717, 1.165) is 31.4 Å². The van der Waals surface area contributed by atoms with E-state index in [1.807, 2.05) is 12.1 Å². The highest BCUT2D eigenvalue weighted by atomic mass is 16.5. The smallest absolute Gasteiger partial charge is 0.311 e. The van der Waals surface area contributed by atoms with E-state index in [4.69, 9.17) is 4.74 Å². The van der Waals surface area contributed by atoms with Crippen LogP contribution in [0.5, 0.6) is 5.75 Å². The maximum absolute atomic E-state index is 12.3. The summed E-state index contributed by atoms with van der Waals surface area (Å²) >= 11 is 0. The monoisotopic (exact) mass is 464 g/mol. The minimum absolute atomic E-state index is 0.0295. The molecule has 0 radical (unpaired) electrons.